The van der Waals surface area contributed by atoms with Crippen LogP contribution in [0, 0.1) is 6.92 Å². The van der Waals surface area contributed by atoms with Crippen LogP contribution < -0.4 is 4.72 Å². The quantitative estimate of drug-likeness (QED) is 0.850. The number of aryl methyl sites for hydroxylation is 1. The lowest BCUT2D eigenvalue weighted by Gasteiger charge is -2.20. The molecular weight excluding hydrogens is 358 g/mol. The standard InChI is InChI=1S/C14H20BrNO2S2/c1-3-19-13-6-4-5-12(13)16-20(17,18)14-8-7-10(2)9-11(14)15/h7-9,12-13,16H,3-6H2,1-2H3. The summed E-state index contributed by atoms with van der Waals surface area (Å²) >= 11 is 5.20. The fourth-order valence-corrected chi connectivity index (χ4v) is 6.35. The van der Waals surface area contributed by atoms with Gasteiger partial charge in [0.1, 0.15) is 0 Å². The molecule has 0 amide bonds. The molecule has 112 valence electrons. The Labute approximate surface area is 134 Å². The Morgan fingerprint density at radius 3 is 2.80 bits per heavy atom. The van der Waals surface area contributed by atoms with Crippen molar-refractivity contribution in [1.29, 1.82) is 0 Å². The predicted octanol–water partition coefficient (Wildman–Crippen LogP) is 3.71. The molecule has 1 aromatic rings. The number of rotatable bonds is 5. The molecule has 0 aliphatic heterocycles. The summed E-state index contributed by atoms with van der Waals surface area (Å²) in [7, 11) is -3.45. The second-order valence-electron chi connectivity index (χ2n) is 5.09. The van der Waals surface area contributed by atoms with E-state index in [0.29, 0.717) is 14.6 Å². The Morgan fingerprint density at radius 2 is 2.15 bits per heavy atom. The van der Waals surface area contributed by atoms with Crippen LogP contribution in [-0.2, 0) is 10.0 Å². The predicted molar refractivity (Wildman–Crippen MR) is 88.8 cm³/mol. The summed E-state index contributed by atoms with van der Waals surface area (Å²) in [6, 6.07) is 5.38. The first-order chi connectivity index (χ1) is 9.44. The maximum absolute atomic E-state index is 12.5. The maximum atomic E-state index is 12.5. The minimum absolute atomic E-state index is 0.0538. The number of sulfonamides is 1. The highest BCUT2D eigenvalue weighted by atomic mass is 79.9. The van der Waals surface area contributed by atoms with Crippen molar-refractivity contribution in [2.75, 3.05) is 5.75 Å². The van der Waals surface area contributed by atoms with Crippen LogP contribution in [0.4, 0.5) is 0 Å². The van der Waals surface area contributed by atoms with Gasteiger partial charge in [0.2, 0.25) is 10.0 Å². The first-order valence-electron chi connectivity index (χ1n) is 6.84. The average molecular weight is 378 g/mol. The number of thioether (sulfide) groups is 1. The van der Waals surface area contributed by atoms with Gasteiger partial charge < -0.3 is 0 Å². The fourth-order valence-electron chi connectivity index (χ4n) is 2.56. The van der Waals surface area contributed by atoms with Gasteiger partial charge in [0.25, 0.3) is 0 Å². The summed E-state index contributed by atoms with van der Waals surface area (Å²) in [5.74, 6) is 1.02. The first kappa shape index (κ1) is 16.3. The highest BCUT2D eigenvalue weighted by Crippen LogP contribution is 2.31. The molecule has 0 bridgehead atoms. The molecule has 1 saturated carbocycles. The zero-order valence-electron chi connectivity index (χ0n) is 11.7. The van der Waals surface area contributed by atoms with E-state index in [-0.39, 0.29) is 6.04 Å². The zero-order valence-corrected chi connectivity index (χ0v) is 14.9. The van der Waals surface area contributed by atoms with E-state index in [1.165, 1.54) is 0 Å². The molecule has 0 spiro atoms. The summed E-state index contributed by atoms with van der Waals surface area (Å²) in [6.45, 7) is 4.06. The molecular formula is C14H20BrNO2S2. The average Bonchev–Trinajstić information content (AvgIpc) is 2.76. The lowest BCUT2D eigenvalue weighted by atomic mass is 10.2. The van der Waals surface area contributed by atoms with Crippen LogP contribution in [0.25, 0.3) is 0 Å². The van der Waals surface area contributed by atoms with Crippen molar-refractivity contribution in [3.05, 3.63) is 28.2 Å². The van der Waals surface area contributed by atoms with Crippen LogP contribution in [0.1, 0.15) is 31.7 Å². The van der Waals surface area contributed by atoms with E-state index in [1.807, 2.05) is 30.8 Å². The lowest BCUT2D eigenvalue weighted by molar-refractivity contribution is 0.554. The van der Waals surface area contributed by atoms with Crippen LogP contribution in [0.3, 0.4) is 0 Å². The van der Waals surface area contributed by atoms with Crippen LogP contribution >= 0.6 is 27.7 Å². The molecule has 3 nitrogen and oxygen atoms in total. The zero-order chi connectivity index (χ0) is 14.8. The van der Waals surface area contributed by atoms with Gasteiger partial charge in [0.15, 0.2) is 0 Å². The molecule has 1 aliphatic rings. The van der Waals surface area contributed by atoms with Gasteiger partial charge in [-0.3, -0.25) is 0 Å². The summed E-state index contributed by atoms with van der Waals surface area (Å²) in [6.07, 6.45) is 3.13. The Balaban J connectivity index is 2.18. The monoisotopic (exact) mass is 377 g/mol. The van der Waals surface area contributed by atoms with Crippen molar-refractivity contribution in [2.45, 2.75) is 49.3 Å². The Hall–Kier alpha value is -0.0400. The van der Waals surface area contributed by atoms with E-state index in [1.54, 1.807) is 6.07 Å². The number of hydrogen-bond acceptors (Lipinski definition) is 3. The Bertz CT molecular complexity index is 575. The minimum Gasteiger partial charge on any atom is -0.207 e. The van der Waals surface area contributed by atoms with Gasteiger partial charge >= 0.3 is 0 Å². The lowest BCUT2D eigenvalue weighted by Crippen LogP contribution is -2.38. The molecule has 0 heterocycles. The van der Waals surface area contributed by atoms with Crippen molar-refractivity contribution in [2.24, 2.45) is 0 Å². The van der Waals surface area contributed by atoms with Crippen molar-refractivity contribution in [3.8, 4) is 0 Å². The van der Waals surface area contributed by atoms with Gasteiger partial charge in [0.05, 0.1) is 4.90 Å². The highest BCUT2D eigenvalue weighted by molar-refractivity contribution is 9.10. The summed E-state index contributed by atoms with van der Waals surface area (Å²) < 4.78 is 28.6. The van der Waals surface area contributed by atoms with Gasteiger partial charge in [-0.25, -0.2) is 13.1 Å². The van der Waals surface area contributed by atoms with Crippen molar-refractivity contribution in [1.82, 2.24) is 4.72 Å². The van der Waals surface area contributed by atoms with Crippen LogP contribution in [0.2, 0.25) is 0 Å². The van der Waals surface area contributed by atoms with Gasteiger partial charge in [-0.15, -0.1) is 0 Å². The van der Waals surface area contributed by atoms with Crippen LogP contribution in [-0.4, -0.2) is 25.5 Å². The van der Waals surface area contributed by atoms with E-state index in [9.17, 15) is 8.42 Å². The largest absolute Gasteiger partial charge is 0.241 e. The van der Waals surface area contributed by atoms with Gasteiger partial charge in [-0.05, 0) is 59.1 Å². The molecule has 0 aromatic heterocycles. The maximum Gasteiger partial charge on any atom is 0.241 e. The van der Waals surface area contributed by atoms with Crippen molar-refractivity contribution >= 4 is 37.7 Å². The fraction of sp³-hybridized carbons (Fsp3) is 0.571. The number of halogens is 1. The Kier molecular flexibility index (Phi) is 5.56. The number of nitrogens with one attached hydrogen (secondary N) is 1. The third kappa shape index (κ3) is 3.78. The number of benzene rings is 1. The molecule has 1 fully saturated rings. The van der Waals surface area contributed by atoms with E-state index in [4.69, 9.17) is 0 Å². The normalized spacial score (nSPS) is 23.1. The van der Waals surface area contributed by atoms with E-state index in [0.717, 1.165) is 30.6 Å². The molecule has 2 rings (SSSR count). The summed E-state index contributed by atoms with van der Waals surface area (Å²) in [4.78, 5) is 0.329. The van der Waals surface area contributed by atoms with Crippen molar-refractivity contribution in [3.63, 3.8) is 0 Å². The third-order valence-corrected chi connectivity index (χ3v) is 7.31. The SMILES string of the molecule is CCSC1CCCC1NS(=O)(=O)c1ccc(C)cc1Br. The van der Waals surface area contributed by atoms with Gasteiger partial charge in [-0.2, -0.15) is 11.8 Å². The van der Waals surface area contributed by atoms with Crippen LogP contribution in [0.15, 0.2) is 27.6 Å². The topological polar surface area (TPSA) is 46.2 Å². The molecule has 1 aromatic carbocycles. The van der Waals surface area contributed by atoms with E-state index >= 15 is 0 Å². The minimum atomic E-state index is -3.45. The molecule has 0 saturated heterocycles. The molecule has 0 radical (unpaired) electrons. The molecule has 2 atom stereocenters. The number of hydrogen-bond donors (Lipinski definition) is 1. The van der Waals surface area contributed by atoms with E-state index < -0.39 is 10.0 Å². The molecule has 6 heteroatoms. The second-order valence-corrected chi connectivity index (χ2v) is 9.14. The van der Waals surface area contributed by atoms with Crippen molar-refractivity contribution < 1.29 is 8.42 Å². The van der Waals surface area contributed by atoms with E-state index in [2.05, 4.69) is 27.6 Å². The Morgan fingerprint density at radius 1 is 1.40 bits per heavy atom. The first-order valence-corrected chi connectivity index (χ1v) is 10.2. The smallest absolute Gasteiger partial charge is 0.207 e. The second kappa shape index (κ2) is 6.81. The molecule has 1 N–H and O–H groups in total. The van der Waals surface area contributed by atoms with Gasteiger partial charge in [0, 0.05) is 15.8 Å². The molecule has 2 unspecified atom stereocenters. The summed E-state index contributed by atoms with van der Waals surface area (Å²) in [5, 5.41) is 0.402. The highest BCUT2D eigenvalue weighted by Gasteiger charge is 2.31. The van der Waals surface area contributed by atoms with Gasteiger partial charge in [-0.1, -0.05) is 19.4 Å². The summed E-state index contributed by atoms with van der Waals surface area (Å²) in [5.41, 5.74) is 1.04. The molecule has 20 heavy (non-hydrogen) atoms. The molecule has 1 aliphatic carbocycles. The third-order valence-electron chi connectivity index (χ3n) is 3.52. The van der Waals surface area contributed by atoms with Crippen LogP contribution in [0.5, 0.6) is 0 Å².